The maximum atomic E-state index is 10.6. The first-order valence-corrected chi connectivity index (χ1v) is 12.4. The van der Waals surface area contributed by atoms with Crippen LogP contribution in [0.15, 0.2) is 71.9 Å². The zero-order valence-corrected chi connectivity index (χ0v) is 22.6. The highest BCUT2D eigenvalue weighted by Gasteiger charge is 2.15. The Hall–Kier alpha value is -3.80. The summed E-state index contributed by atoms with van der Waals surface area (Å²) in [6.45, 7) is 13.4. The molecule has 3 rings (SSSR count). The van der Waals surface area contributed by atoms with Crippen molar-refractivity contribution in [3.8, 4) is 11.5 Å². The van der Waals surface area contributed by atoms with Gasteiger partial charge in [0.1, 0.15) is 13.2 Å². The van der Waals surface area contributed by atoms with E-state index in [1.165, 1.54) is 17.3 Å². The van der Waals surface area contributed by atoms with Gasteiger partial charge in [-0.25, -0.2) is 4.79 Å². The van der Waals surface area contributed by atoms with E-state index in [-0.39, 0.29) is 10.8 Å². The predicted octanol–water partition coefficient (Wildman–Crippen LogP) is 6.87. The summed E-state index contributed by atoms with van der Waals surface area (Å²) in [5, 5.41) is 12.4. The third-order valence-corrected chi connectivity index (χ3v) is 5.86. The molecule has 3 aromatic rings. The van der Waals surface area contributed by atoms with Gasteiger partial charge in [0.15, 0.2) is 11.5 Å². The number of nitrogens with zero attached hydrogens (tertiary/aromatic N) is 1. The van der Waals surface area contributed by atoms with Gasteiger partial charge in [-0.15, -0.1) is 0 Å². The zero-order valence-electron chi connectivity index (χ0n) is 22.6. The van der Waals surface area contributed by atoms with E-state index in [2.05, 4.69) is 95.2 Å². The summed E-state index contributed by atoms with van der Waals surface area (Å²) in [5.74, 6) is 0.0844. The molecule has 0 spiro atoms. The van der Waals surface area contributed by atoms with Gasteiger partial charge in [-0.2, -0.15) is 0 Å². The average molecular weight is 504 g/mol. The molecule has 0 radical (unpaired) electrons. The van der Waals surface area contributed by atoms with E-state index in [1.807, 2.05) is 12.1 Å². The molecule has 0 aromatic heterocycles. The number of carbonyl (C=O) groups is 1. The van der Waals surface area contributed by atoms with Crippen molar-refractivity contribution >= 4 is 12.2 Å². The number of benzene rings is 3. The van der Waals surface area contributed by atoms with Crippen LogP contribution in [0.4, 0.5) is 0 Å². The summed E-state index contributed by atoms with van der Waals surface area (Å²) in [4.78, 5) is 15.4. The Kier molecular flexibility index (Phi) is 8.98. The molecule has 6 nitrogen and oxygen atoms in total. The lowest BCUT2D eigenvalue weighted by molar-refractivity contribution is -0.142. The number of carboxylic acid groups (broad SMARTS) is 1. The van der Waals surface area contributed by atoms with Crippen LogP contribution in [0.5, 0.6) is 11.5 Å². The van der Waals surface area contributed by atoms with Crippen molar-refractivity contribution in [2.45, 2.75) is 65.6 Å². The zero-order chi connectivity index (χ0) is 27.1. The number of hydrogen-bond donors (Lipinski definition) is 1. The number of rotatable bonds is 10. The monoisotopic (exact) mass is 503 g/mol. The van der Waals surface area contributed by atoms with E-state index in [0.29, 0.717) is 30.3 Å². The first kappa shape index (κ1) is 27.8. The molecule has 0 aliphatic heterocycles. The Balaban J connectivity index is 1.75. The number of aliphatic carboxylic acids is 1. The minimum Gasteiger partial charge on any atom is -0.485 e. The van der Waals surface area contributed by atoms with Gasteiger partial charge in [0.05, 0.1) is 6.21 Å². The second kappa shape index (κ2) is 12.0. The first-order valence-electron chi connectivity index (χ1n) is 12.4. The lowest BCUT2D eigenvalue weighted by atomic mass is 9.87. The summed E-state index contributed by atoms with van der Waals surface area (Å²) in [6.07, 6.45) is 1.45. The third-order valence-electron chi connectivity index (χ3n) is 5.86. The number of carboxylic acids is 1. The second-order valence-electron chi connectivity index (χ2n) is 11.1. The Bertz CT molecular complexity index is 1200. The van der Waals surface area contributed by atoms with Gasteiger partial charge in [0.25, 0.3) is 0 Å². The Morgan fingerprint density at radius 3 is 1.70 bits per heavy atom. The quantitative estimate of drug-likeness (QED) is 0.241. The van der Waals surface area contributed by atoms with Crippen LogP contribution in [-0.2, 0) is 33.7 Å². The number of ether oxygens (including phenoxy) is 2. The molecule has 37 heavy (non-hydrogen) atoms. The smallest absolute Gasteiger partial charge is 0.344 e. The number of oxime groups is 1. The van der Waals surface area contributed by atoms with E-state index < -0.39 is 12.6 Å². The van der Waals surface area contributed by atoms with Crippen LogP contribution in [0.2, 0.25) is 0 Å². The minimum atomic E-state index is -1.09. The molecule has 0 fully saturated rings. The van der Waals surface area contributed by atoms with E-state index in [0.717, 1.165) is 11.1 Å². The standard InChI is InChI=1S/C31H37NO5/c1-30(2,3)25-12-7-22(8-13-25)19-35-27-16-11-24(18-32-37-21-29(33)34)17-28(27)36-20-23-9-14-26(15-10-23)31(4,5)6/h7-18H,19-21H2,1-6H3,(H,33,34). The molecule has 0 atom stereocenters. The van der Waals surface area contributed by atoms with Crippen LogP contribution in [0, 0.1) is 0 Å². The van der Waals surface area contributed by atoms with Crippen molar-refractivity contribution < 1.29 is 24.2 Å². The first-order chi connectivity index (χ1) is 17.4. The average Bonchev–Trinajstić information content (AvgIpc) is 2.84. The molecule has 3 aromatic carbocycles. The fourth-order valence-electron chi connectivity index (χ4n) is 3.55. The Labute approximate surface area is 219 Å². The highest BCUT2D eigenvalue weighted by atomic mass is 16.6. The molecule has 0 heterocycles. The van der Waals surface area contributed by atoms with Crippen LogP contribution < -0.4 is 9.47 Å². The van der Waals surface area contributed by atoms with Gasteiger partial charge in [-0.05, 0) is 51.3 Å². The van der Waals surface area contributed by atoms with E-state index in [4.69, 9.17) is 19.4 Å². The van der Waals surface area contributed by atoms with E-state index in [1.54, 1.807) is 6.07 Å². The van der Waals surface area contributed by atoms with Crippen molar-refractivity contribution in [2.75, 3.05) is 6.61 Å². The van der Waals surface area contributed by atoms with Crippen molar-refractivity contribution in [1.29, 1.82) is 0 Å². The molecule has 1 N–H and O–H groups in total. The molecule has 0 bridgehead atoms. The van der Waals surface area contributed by atoms with Crippen molar-refractivity contribution in [2.24, 2.45) is 5.16 Å². The summed E-state index contributed by atoms with van der Waals surface area (Å²) < 4.78 is 12.3. The van der Waals surface area contributed by atoms with Crippen LogP contribution in [0.1, 0.15) is 69.4 Å². The van der Waals surface area contributed by atoms with Gasteiger partial charge in [0.2, 0.25) is 6.61 Å². The summed E-state index contributed by atoms with van der Waals surface area (Å²) in [5.41, 5.74) is 5.51. The highest BCUT2D eigenvalue weighted by Crippen LogP contribution is 2.31. The molecule has 0 saturated heterocycles. The molecule has 196 valence electrons. The van der Waals surface area contributed by atoms with Gasteiger partial charge in [0, 0.05) is 5.56 Å². The van der Waals surface area contributed by atoms with Crippen LogP contribution in [-0.4, -0.2) is 23.9 Å². The van der Waals surface area contributed by atoms with Crippen LogP contribution in [0.25, 0.3) is 0 Å². The molecular formula is C31H37NO5. The van der Waals surface area contributed by atoms with Crippen molar-refractivity contribution in [3.63, 3.8) is 0 Å². The lowest BCUT2D eigenvalue weighted by Gasteiger charge is -2.20. The fourth-order valence-corrected chi connectivity index (χ4v) is 3.55. The van der Waals surface area contributed by atoms with Crippen molar-refractivity contribution in [1.82, 2.24) is 0 Å². The molecular weight excluding hydrogens is 466 g/mol. The minimum absolute atomic E-state index is 0.0852. The van der Waals surface area contributed by atoms with Crippen LogP contribution >= 0.6 is 0 Å². The lowest BCUT2D eigenvalue weighted by Crippen LogP contribution is -2.11. The van der Waals surface area contributed by atoms with Crippen LogP contribution in [0.3, 0.4) is 0 Å². The van der Waals surface area contributed by atoms with Gasteiger partial charge >= 0.3 is 5.97 Å². The maximum absolute atomic E-state index is 10.6. The highest BCUT2D eigenvalue weighted by molar-refractivity contribution is 5.80. The van der Waals surface area contributed by atoms with Gasteiger partial charge in [-0.3, -0.25) is 0 Å². The molecule has 0 amide bonds. The Morgan fingerprint density at radius 2 is 1.24 bits per heavy atom. The second-order valence-corrected chi connectivity index (χ2v) is 11.1. The van der Waals surface area contributed by atoms with Crippen molar-refractivity contribution in [3.05, 3.63) is 94.5 Å². The molecule has 6 heteroatoms. The summed E-state index contributed by atoms with van der Waals surface area (Å²) in [7, 11) is 0. The normalized spacial score (nSPS) is 11.9. The predicted molar refractivity (Wildman–Crippen MR) is 147 cm³/mol. The topological polar surface area (TPSA) is 77.4 Å². The van der Waals surface area contributed by atoms with Gasteiger partial charge in [-0.1, -0.05) is 95.2 Å². The molecule has 0 unspecified atom stereocenters. The third kappa shape index (κ3) is 8.67. The molecule has 0 saturated carbocycles. The number of hydrogen-bond acceptors (Lipinski definition) is 5. The fraction of sp³-hybridized carbons (Fsp3) is 0.355. The van der Waals surface area contributed by atoms with E-state index in [9.17, 15) is 4.79 Å². The SMILES string of the molecule is CC(C)(C)c1ccc(COc2ccc(C=NOCC(=O)O)cc2OCc2ccc(C(C)(C)C)cc2)cc1. The van der Waals surface area contributed by atoms with Gasteiger partial charge < -0.3 is 19.4 Å². The molecule has 0 aliphatic rings. The summed E-state index contributed by atoms with van der Waals surface area (Å²) in [6, 6.07) is 22.3. The summed E-state index contributed by atoms with van der Waals surface area (Å²) >= 11 is 0. The maximum Gasteiger partial charge on any atom is 0.344 e. The molecule has 0 aliphatic carbocycles. The Morgan fingerprint density at radius 1 is 0.757 bits per heavy atom. The van der Waals surface area contributed by atoms with E-state index >= 15 is 0 Å². The largest absolute Gasteiger partial charge is 0.485 e.